The summed E-state index contributed by atoms with van der Waals surface area (Å²) < 4.78 is 11.6. The van der Waals surface area contributed by atoms with Gasteiger partial charge in [0.25, 0.3) is 17.5 Å². The van der Waals surface area contributed by atoms with Crippen LogP contribution in [0.3, 0.4) is 0 Å². The Bertz CT molecular complexity index is 2380. The molecule has 6 heterocycles. The Morgan fingerprint density at radius 2 is 1.86 bits per heavy atom. The van der Waals surface area contributed by atoms with Crippen molar-refractivity contribution < 1.29 is 23.8 Å². The molecular weight excluding hydrogens is 741 g/mol. The van der Waals surface area contributed by atoms with Gasteiger partial charge >= 0.3 is 0 Å². The fourth-order valence-corrected chi connectivity index (χ4v) is 7.75. The number of H-pyrrole nitrogens is 1. The molecule has 1 atom stereocenters. The molecule has 3 aromatic heterocycles. The highest BCUT2D eigenvalue weighted by Crippen LogP contribution is 2.39. The summed E-state index contributed by atoms with van der Waals surface area (Å²) in [6, 6.07) is 13.8. The first-order valence-corrected chi connectivity index (χ1v) is 19.3. The van der Waals surface area contributed by atoms with E-state index in [2.05, 4.69) is 71.5 Å². The van der Waals surface area contributed by atoms with Gasteiger partial charge in [0.15, 0.2) is 5.82 Å². The number of methoxy groups -OCH3 is 1. The van der Waals surface area contributed by atoms with Crippen molar-refractivity contribution in [2.24, 2.45) is 10.2 Å². The Balaban J connectivity index is 1.09. The van der Waals surface area contributed by atoms with Crippen molar-refractivity contribution in [3.05, 3.63) is 91.2 Å². The second kappa shape index (κ2) is 16.2. The number of furan rings is 1. The van der Waals surface area contributed by atoms with Gasteiger partial charge in [-0.05, 0) is 63.1 Å². The van der Waals surface area contributed by atoms with E-state index in [-0.39, 0.29) is 11.8 Å². The predicted molar refractivity (Wildman–Crippen MR) is 218 cm³/mol. The first-order chi connectivity index (χ1) is 28.1. The normalized spacial score (nSPS) is 18.9. The van der Waals surface area contributed by atoms with Crippen LogP contribution in [0.4, 0.5) is 17.3 Å². The number of aromatic amines is 1. The van der Waals surface area contributed by atoms with Gasteiger partial charge in [0.2, 0.25) is 5.95 Å². The number of benzene rings is 2. The van der Waals surface area contributed by atoms with E-state index in [0.29, 0.717) is 63.0 Å². The molecule has 58 heavy (non-hydrogen) atoms. The number of aromatic nitrogens is 4. The number of carbonyl (C=O) groups excluding carboxylic acids is 2. The van der Waals surface area contributed by atoms with Crippen molar-refractivity contribution in [3.8, 4) is 28.4 Å². The van der Waals surface area contributed by atoms with Crippen molar-refractivity contribution >= 4 is 40.1 Å². The summed E-state index contributed by atoms with van der Waals surface area (Å²) in [4.78, 5) is 50.4. The summed E-state index contributed by atoms with van der Waals surface area (Å²) in [6.45, 7) is 13.7. The smallest absolute Gasteiger partial charge is 0.271 e. The van der Waals surface area contributed by atoms with Gasteiger partial charge in [0.05, 0.1) is 53.6 Å². The third kappa shape index (κ3) is 7.78. The largest absolute Gasteiger partial charge is 0.494 e. The van der Waals surface area contributed by atoms with Crippen LogP contribution in [-0.2, 0) is 10.5 Å². The molecule has 3 aliphatic heterocycles. The van der Waals surface area contributed by atoms with Gasteiger partial charge in [-0.25, -0.2) is 15.0 Å². The fraction of sp³-hybridized carbons (Fsp3) is 0.341. The lowest BCUT2D eigenvalue weighted by Gasteiger charge is -2.44. The van der Waals surface area contributed by atoms with E-state index in [9.17, 15) is 14.7 Å². The Hall–Kier alpha value is -6.43. The molecule has 1 unspecified atom stereocenters. The maximum Gasteiger partial charge on any atom is 0.271 e. The van der Waals surface area contributed by atoms with Crippen molar-refractivity contribution in [2.45, 2.75) is 44.5 Å². The highest BCUT2D eigenvalue weighted by molar-refractivity contribution is 6.03. The monoisotopic (exact) mass is 786 g/mol. The lowest BCUT2D eigenvalue weighted by Crippen LogP contribution is -2.54. The zero-order chi connectivity index (χ0) is 40.4. The molecule has 17 nitrogen and oxygen atoms in total. The summed E-state index contributed by atoms with van der Waals surface area (Å²) in [6.07, 6.45) is 9.01. The molecule has 8 rings (SSSR count). The molecule has 3 aliphatic rings. The van der Waals surface area contributed by atoms with Crippen LogP contribution >= 0.6 is 0 Å². The fourth-order valence-electron chi connectivity index (χ4n) is 7.75. The minimum atomic E-state index is -1.79. The number of azo groups is 1. The maximum absolute atomic E-state index is 13.8. The molecule has 0 bridgehead atoms. The van der Waals surface area contributed by atoms with Crippen LogP contribution in [0.1, 0.15) is 42.9 Å². The number of amides is 2. The van der Waals surface area contributed by atoms with E-state index in [1.165, 1.54) is 12.3 Å². The predicted octanol–water partition coefficient (Wildman–Crippen LogP) is 5.10. The summed E-state index contributed by atoms with van der Waals surface area (Å²) in [5, 5.41) is 23.2. The molecule has 2 fully saturated rings. The number of hydrogen-bond donors (Lipinski definition) is 5. The number of rotatable bonds is 11. The van der Waals surface area contributed by atoms with Gasteiger partial charge in [-0.15, -0.1) is 5.11 Å². The standard InChI is InChI=1S/C41H46N12O5/c1-5-35(54)48-49-38(55)29-23-31(34(57-4)24-32(29)53-15-9-28(10-16-53)52-19-17-51(18-20-52)25(2)3)45-40-42-13-8-30(44-40)37-36(27-7-6-26-11-21-58-33(26)22-27)46-39(47-37)41(56)12-14-43-50-41/h5-8,11-14,21-25,28,56H,1,9-10,15-20H2,2-4H3,(H,46,47)(H,48,54)(H,49,55)(H,42,44,45). The molecule has 0 spiro atoms. The summed E-state index contributed by atoms with van der Waals surface area (Å²) >= 11 is 0. The van der Waals surface area contributed by atoms with Crippen LogP contribution in [0, 0.1) is 0 Å². The van der Waals surface area contributed by atoms with E-state index in [1.54, 1.807) is 31.7 Å². The van der Waals surface area contributed by atoms with Gasteiger partial charge in [0.1, 0.15) is 11.3 Å². The van der Waals surface area contributed by atoms with Crippen molar-refractivity contribution in [1.82, 2.24) is 40.6 Å². The topological polar surface area (TPSA) is 202 Å². The van der Waals surface area contributed by atoms with Gasteiger partial charge in [-0.3, -0.25) is 30.2 Å². The molecular formula is C41H46N12O5. The Morgan fingerprint density at radius 3 is 2.59 bits per heavy atom. The molecule has 0 saturated carbocycles. The third-order valence-corrected chi connectivity index (χ3v) is 11.0. The van der Waals surface area contributed by atoms with Crippen LogP contribution in [0.15, 0.2) is 94.5 Å². The molecule has 5 N–H and O–H groups in total. The second-order valence-electron chi connectivity index (χ2n) is 14.7. The number of imidazole rings is 1. The Morgan fingerprint density at radius 1 is 1.05 bits per heavy atom. The van der Waals surface area contributed by atoms with Crippen molar-refractivity contribution in [2.75, 3.05) is 56.6 Å². The summed E-state index contributed by atoms with van der Waals surface area (Å²) in [5.74, 6) is -0.265. The number of fused-ring (bicyclic) bond motifs is 1. The van der Waals surface area contributed by atoms with Crippen LogP contribution in [0.2, 0.25) is 0 Å². The molecule has 2 aromatic carbocycles. The van der Waals surface area contributed by atoms with Crippen LogP contribution in [0.25, 0.3) is 33.6 Å². The molecule has 300 valence electrons. The van der Waals surface area contributed by atoms with Gasteiger partial charge in [-0.1, -0.05) is 18.7 Å². The highest BCUT2D eigenvalue weighted by Gasteiger charge is 2.35. The Labute approximate surface area is 334 Å². The molecule has 2 amide bonds. The van der Waals surface area contributed by atoms with E-state index in [1.807, 2.05) is 30.3 Å². The van der Waals surface area contributed by atoms with Gasteiger partial charge in [0, 0.05) is 74.6 Å². The Kier molecular flexibility index (Phi) is 10.7. The average Bonchev–Trinajstić information content (AvgIpc) is 4.03. The van der Waals surface area contributed by atoms with Crippen LogP contribution in [0.5, 0.6) is 5.75 Å². The SMILES string of the molecule is C=CC(=O)NNC(=O)c1cc(Nc2nccc(-c3[nH]c(C4(O)C=CN=N4)nc3-c3ccc4ccoc4c3)n2)c(OC)cc1N1CCC(N2CCN(C(C)C)CC2)CC1. The number of anilines is 3. The van der Waals surface area contributed by atoms with Crippen molar-refractivity contribution in [1.29, 1.82) is 0 Å². The van der Waals surface area contributed by atoms with Gasteiger partial charge < -0.3 is 29.5 Å². The molecule has 0 radical (unpaired) electrons. The molecule has 5 aromatic rings. The number of ether oxygens (including phenoxy) is 1. The average molecular weight is 787 g/mol. The molecule has 2 saturated heterocycles. The number of hydrazine groups is 1. The molecule has 17 heteroatoms. The zero-order valence-corrected chi connectivity index (χ0v) is 32.6. The molecule has 0 aliphatic carbocycles. The minimum absolute atomic E-state index is 0.150. The number of nitrogens with one attached hydrogen (secondary N) is 4. The second-order valence-corrected chi connectivity index (χ2v) is 14.7. The summed E-state index contributed by atoms with van der Waals surface area (Å²) in [7, 11) is 1.56. The highest BCUT2D eigenvalue weighted by atomic mass is 16.5. The quantitative estimate of drug-likeness (QED) is 0.0878. The van der Waals surface area contributed by atoms with E-state index in [4.69, 9.17) is 19.1 Å². The third-order valence-electron chi connectivity index (χ3n) is 11.0. The number of piperazine rings is 1. The van der Waals surface area contributed by atoms with E-state index < -0.39 is 17.5 Å². The first kappa shape index (κ1) is 38.4. The minimum Gasteiger partial charge on any atom is -0.494 e. The number of piperidine rings is 1. The van der Waals surface area contributed by atoms with E-state index in [0.717, 1.165) is 63.6 Å². The summed E-state index contributed by atoms with van der Waals surface area (Å²) in [5.41, 5.74) is 7.32. The number of hydrogen-bond acceptors (Lipinski definition) is 14. The first-order valence-electron chi connectivity index (χ1n) is 19.3. The van der Waals surface area contributed by atoms with E-state index >= 15 is 0 Å². The number of aliphatic hydroxyl groups is 1. The maximum atomic E-state index is 13.8. The van der Waals surface area contributed by atoms with Gasteiger partial charge in [-0.2, -0.15) is 5.11 Å². The zero-order valence-electron chi connectivity index (χ0n) is 32.6. The lowest BCUT2D eigenvalue weighted by molar-refractivity contribution is -0.117. The number of carbonyl (C=O) groups is 2. The number of nitrogens with zero attached hydrogens (tertiary/aromatic N) is 8. The van der Waals surface area contributed by atoms with Crippen LogP contribution < -0.4 is 25.8 Å². The lowest BCUT2D eigenvalue weighted by atomic mass is 9.99. The van der Waals surface area contributed by atoms with Crippen LogP contribution in [-0.4, -0.2) is 105 Å². The van der Waals surface area contributed by atoms with Crippen molar-refractivity contribution in [3.63, 3.8) is 0 Å².